The topological polar surface area (TPSA) is 62.7 Å². The van der Waals surface area contributed by atoms with Crippen molar-refractivity contribution in [2.75, 3.05) is 19.7 Å². The van der Waals surface area contributed by atoms with Crippen molar-refractivity contribution in [1.82, 2.24) is 9.88 Å². The van der Waals surface area contributed by atoms with E-state index >= 15 is 0 Å². The van der Waals surface area contributed by atoms with Crippen LogP contribution in [0.3, 0.4) is 0 Å². The van der Waals surface area contributed by atoms with Gasteiger partial charge in [-0.1, -0.05) is 12.8 Å². The lowest BCUT2D eigenvalue weighted by molar-refractivity contribution is -0.135. The summed E-state index contributed by atoms with van der Waals surface area (Å²) in [6, 6.07) is 6.00. The first kappa shape index (κ1) is 22.2. The third kappa shape index (κ3) is 5.26. The lowest BCUT2D eigenvalue weighted by Gasteiger charge is -2.26. The molecule has 1 aromatic heterocycles. The van der Waals surface area contributed by atoms with Crippen LogP contribution in [0.5, 0.6) is 5.75 Å². The number of benzene rings is 1. The van der Waals surface area contributed by atoms with Crippen molar-refractivity contribution < 1.29 is 19.0 Å². The smallest absolute Gasteiger partial charge is 0.225 e. The van der Waals surface area contributed by atoms with Gasteiger partial charge in [0.25, 0.3) is 0 Å². The molecule has 0 unspecified atom stereocenters. The molecule has 0 spiro atoms. The summed E-state index contributed by atoms with van der Waals surface area (Å²) in [5.41, 5.74) is -0.0600. The number of thiazole rings is 1. The average Bonchev–Trinajstić information content (AvgIpc) is 3.37. The van der Waals surface area contributed by atoms with E-state index in [1.807, 2.05) is 11.8 Å². The highest BCUT2D eigenvalue weighted by Gasteiger charge is 2.37. The number of halogens is 1. The van der Waals surface area contributed by atoms with Gasteiger partial charge in [-0.2, -0.15) is 0 Å². The van der Waals surface area contributed by atoms with E-state index in [0.29, 0.717) is 38.2 Å². The van der Waals surface area contributed by atoms with Crippen LogP contribution in [-0.2, 0) is 16.8 Å². The van der Waals surface area contributed by atoms with E-state index < -0.39 is 5.60 Å². The molecule has 1 saturated carbocycles. The predicted molar refractivity (Wildman–Crippen MR) is 119 cm³/mol. The molecule has 2 aliphatic rings. The van der Waals surface area contributed by atoms with Crippen molar-refractivity contribution in [3.8, 4) is 5.75 Å². The Morgan fingerprint density at radius 3 is 2.71 bits per heavy atom. The molecular formula is C24H31FN2O3S. The van der Waals surface area contributed by atoms with E-state index in [-0.39, 0.29) is 17.6 Å². The predicted octanol–water partition coefficient (Wildman–Crippen LogP) is 4.60. The van der Waals surface area contributed by atoms with Crippen LogP contribution in [0.4, 0.5) is 4.39 Å². The Labute approximate surface area is 187 Å². The summed E-state index contributed by atoms with van der Waals surface area (Å²) in [4.78, 5) is 20.6. The number of aromatic nitrogens is 1. The maximum Gasteiger partial charge on any atom is 0.225 e. The summed E-state index contributed by atoms with van der Waals surface area (Å²) < 4.78 is 18.7. The van der Waals surface area contributed by atoms with E-state index in [0.717, 1.165) is 54.2 Å². The summed E-state index contributed by atoms with van der Waals surface area (Å²) in [6.07, 6.45) is 6.95. The zero-order valence-electron chi connectivity index (χ0n) is 18.1. The normalized spacial score (nSPS) is 22.5. The number of likely N-dealkylation sites (tertiary alicyclic amines) is 1. The number of hydrogen-bond acceptors (Lipinski definition) is 5. The minimum Gasteiger partial charge on any atom is -0.493 e. The Balaban J connectivity index is 1.36. The third-order valence-electron chi connectivity index (χ3n) is 6.53. The van der Waals surface area contributed by atoms with Gasteiger partial charge in [0.15, 0.2) is 0 Å². The molecule has 1 N–H and O–H groups in total. The number of nitrogens with zero attached hydrogens (tertiary/aromatic N) is 2. The lowest BCUT2D eigenvalue weighted by atomic mass is 9.96. The quantitative estimate of drug-likeness (QED) is 0.704. The fourth-order valence-electron chi connectivity index (χ4n) is 4.64. The zero-order chi connectivity index (χ0) is 21.8. The van der Waals surface area contributed by atoms with Gasteiger partial charge in [0.1, 0.15) is 22.2 Å². The fraction of sp³-hybridized carbons (Fsp3) is 0.583. The molecule has 168 valence electrons. The molecule has 1 aliphatic carbocycles. The Kier molecular flexibility index (Phi) is 6.92. The molecule has 7 heteroatoms. The van der Waals surface area contributed by atoms with Crippen LogP contribution in [0.2, 0.25) is 0 Å². The van der Waals surface area contributed by atoms with Crippen LogP contribution in [0, 0.1) is 18.7 Å². The van der Waals surface area contributed by atoms with Crippen LogP contribution in [0.25, 0.3) is 0 Å². The van der Waals surface area contributed by atoms with E-state index in [1.165, 1.54) is 12.1 Å². The maximum atomic E-state index is 13.0. The Bertz CT molecular complexity index is 895. The molecule has 2 aromatic rings. The van der Waals surface area contributed by atoms with Crippen molar-refractivity contribution in [3.63, 3.8) is 0 Å². The molecule has 0 bridgehead atoms. The van der Waals surface area contributed by atoms with Crippen LogP contribution < -0.4 is 4.74 Å². The number of aliphatic hydroxyl groups is 1. The molecule has 2 fully saturated rings. The second-order valence-electron chi connectivity index (χ2n) is 8.77. The van der Waals surface area contributed by atoms with Crippen molar-refractivity contribution in [1.29, 1.82) is 0 Å². The van der Waals surface area contributed by atoms with Gasteiger partial charge in [-0.3, -0.25) is 4.79 Å². The Morgan fingerprint density at radius 2 is 1.97 bits per heavy atom. The monoisotopic (exact) mass is 446 g/mol. The number of aryl methyl sites for hydroxylation is 1. The van der Waals surface area contributed by atoms with Crippen molar-refractivity contribution in [3.05, 3.63) is 45.7 Å². The zero-order valence-corrected chi connectivity index (χ0v) is 18.9. The number of rotatable bonds is 6. The van der Waals surface area contributed by atoms with Gasteiger partial charge in [-0.15, -0.1) is 11.3 Å². The maximum absolute atomic E-state index is 13.0. The van der Waals surface area contributed by atoms with Crippen LogP contribution in [0.1, 0.15) is 60.5 Å². The van der Waals surface area contributed by atoms with Crippen molar-refractivity contribution in [2.24, 2.45) is 5.92 Å². The van der Waals surface area contributed by atoms with Crippen LogP contribution >= 0.6 is 11.3 Å². The van der Waals surface area contributed by atoms with E-state index in [1.54, 1.807) is 23.5 Å². The van der Waals surface area contributed by atoms with Gasteiger partial charge in [0, 0.05) is 36.7 Å². The second kappa shape index (κ2) is 9.65. The number of amides is 1. The molecule has 5 nitrogen and oxygen atoms in total. The molecule has 4 rings (SSSR count). The molecule has 2 heterocycles. The second-order valence-corrected chi connectivity index (χ2v) is 9.86. The first-order valence-corrected chi connectivity index (χ1v) is 12.1. The van der Waals surface area contributed by atoms with Gasteiger partial charge in [-0.25, -0.2) is 9.37 Å². The largest absolute Gasteiger partial charge is 0.493 e. The van der Waals surface area contributed by atoms with Gasteiger partial charge < -0.3 is 14.7 Å². The van der Waals surface area contributed by atoms with Crippen molar-refractivity contribution >= 4 is 17.2 Å². The van der Waals surface area contributed by atoms with E-state index in [9.17, 15) is 14.3 Å². The minimum absolute atomic E-state index is 0.181. The molecule has 1 amide bonds. The summed E-state index contributed by atoms with van der Waals surface area (Å²) in [6.45, 7) is 3.74. The first-order chi connectivity index (χ1) is 14.9. The standard InChI is InChI=1S/C24H31FN2O3S/c1-17-21(11-16-30-20-9-7-19(25)8-10-20)31-23(26-17)24(29)12-4-14-27(15-13-24)22(28)18-5-2-3-6-18/h7-10,18,29H,2-6,11-16H2,1H3/t24-/m1/s1. The molecule has 1 atom stereocenters. The van der Waals surface area contributed by atoms with Gasteiger partial charge >= 0.3 is 0 Å². The third-order valence-corrected chi connectivity index (χ3v) is 7.94. The van der Waals surface area contributed by atoms with Crippen LogP contribution in [-0.4, -0.2) is 40.6 Å². The number of ether oxygens (including phenoxy) is 1. The van der Waals surface area contributed by atoms with Gasteiger partial charge in [0.2, 0.25) is 5.91 Å². The lowest BCUT2D eigenvalue weighted by Crippen LogP contribution is -2.37. The Morgan fingerprint density at radius 1 is 1.23 bits per heavy atom. The number of carbonyl (C=O) groups excluding carboxylic acids is 1. The SMILES string of the molecule is Cc1nc([C@@]2(O)CCCN(C(=O)C3CCCC3)CC2)sc1CCOc1ccc(F)cc1. The summed E-state index contributed by atoms with van der Waals surface area (Å²) >= 11 is 1.54. The highest BCUT2D eigenvalue weighted by Crippen LogP contribution is 2.37. The number of hydrogen-bond donors (Lipinski definition) is 1. The first-order valence-electron chi connectivity index (χ1n) is 11.3. The van der Waals surface area contributed by atoms with Crippen LogP contribution in [0.15, 0.2) is 24.3 Å². The van der Waals surface area contributed by atoms with E-state index in [2.05, 4.69) is 0 Å². The summed E-state index contributed by atoms with van der Waals surface area (Å²) in [5.74, 6) is 0.811. The molecule has 1 saturated heterocycles. The molecule has 0 radical (unpaired) electrons. The number of carbonyl (C=O) groups is 1. The highest BCUT2D eigenvalue weighted by atomic mass is 32.1. The fourth-order valence-corrected chi connectivity index (χ4v) is 5.82. The average molecular weight is 447 g/mol. The summed E-state index contributed by atoms with van der Waals surface area (Å²) in [7, 11) is 0. The highest BCUT2D eigenvalue weighted by molar-refractivity contribution is 7.11. The molecule has 1 aliphatic heterocycles. The van der Waals surface area contributed by atoms with Gasteiger partial charge in [-0.05, 0) is 56.9 Å². The molecule has 1 aromatic carbocycles. The molecular weight excluding hydrogens is 415 g/mol. The van der Waals surface area contributed by atoms with Gasteiger partial charge in [0.05, 0.1) is 12.3 Å². The summed E-state index contributed by atoms with van der Waals surface area (Å²) in [5, 5.41) is 12.1. The molecule has 31 heavy (non-hydrogen) atoms. The van der Waals surface area contributed by atoms with E-state index in [4.69, 9.17) is 9.72 Å². The Hall–Kier alpha value is -1.99. The van der Waals surface area contributed by atoms with Crippen molar-refractivity contribution in [2.45, 2.75) is 63.9 Å². The minimum atomic E-state index is -0.976.